The number of anilines is 6. The maximum atomic E-state index is 9.63. The number of hydrogen-bond acceptors (Lipinski definition) is 16. The molecule has 12 N–H and O–H groups in total. The van der Waals surface area contributed by atoms with Crippen LogP contribution in [0.4, 0.5) is 34.1 Å². The summed E-state index contributed by atoms with van der Waals surface area (Å²) in [5.41, 5.74) is 28.4. The SMILES string of the molecule is Nc1ccc(OC(C[n+]2ccn(CCNc3ccccc3Br)c2)c2cccs2)c(N)c1.Nc1ccc(OC(C[n+]2ccn(CCNc3ccccc3Br)c2)c2cccs2)c(N)c1.O=C([O-])C(O)C(O)C(=O)[O-]. The smallest absolute Gasteiger partial charge is 0.243 e. The van der Waals surface area contributed by atoms with Crippen molar-refractivity contribution in [3.8, 4) is 11.5 Å². The standard InChI is InChI=1S/2C23H25BrN5OS.C4H6O6/c2*24-18-4-1-2-5-20(18)27-9-10-28-11-12-29(16-28)15-22(23-6-3-13-31-23)30-21-8-7-17(25)14-19(21)26;5-1(3(7)8)2(6)4(9)10/h2*1-8,11-14,16,22,27H,9-10,15,25-26H2;1-2,5-6H,(H,7,8)(H,9,10)/q2*+1;/p-2. The van der Waals surface area contributed by atoms with E-state index in [0.717, 1.165) is 56.3 Å². The van der Waals surface area contributed by atoms with Crippen LogP contribution < -0.4 is 62.4 Å². The Kier molecular flexibility index (Phi) is 20.3. The zero-order valence-corrected chi connectivity index (χ0v) is 43.4. The van der Waals surface area contributed by atoms with E-state index in [1.165, 1.54) is 0 Å². The number of para-hydroxylation sites is 2. The minimum absolute atomic E-state index is 0.148. The molecule has 4 heterocycles. The minimum Gasteiger partial charge on any atom is -0.547 e. The number of aliphatic hydroxyl groups excluding tert-OH is 2. The van der Waals surface area contributed by atoms with Gasteiger partial charge in [0.15, 0.2) is 12.2 Å². The largest absolute Gasteiger partial charge is 0.547 e. The summed E-state index contributed by atoms with van der Waals surface area (Å²) in [6.45, 7) is 4.70. The normalized spacial score (nSPS) is 12.4. The molecule has 4 unspecified atom stereocenters. The third-order valence-corrected chi connectivity index (χ3v) is 13.8. The Hall–Kier alpha value is -7.08. The number of aromatic nitrogens is 4. The molecule has 4 aromatic heterocycles. The van der Waals surface area contributed by atoms with E-state index in [2.05, 4.69) is 133 Å². The van der Waals surface area contributed by atoms with Crippen LogP contribution in [-0.4, -0.2) is 56.6 Å². The molecule has 4 aromatic carbocycles. The monoisotopic (exact) mass is 1140 g/mol. The van der Waals surface area contributed by atoms with Crippen LogP contribution in [0.2, 0.25) is 0 Å². The zero-order valence-electron chi connectivity index (χ0n) is 38.6. The fourth-order valence-corrected chi connectivity index (χ4v) is 9.16. The number of nitrogen functional groups attached to an aromatic ring is 4. The number of benzene rings is 4. The van der Waals surface area contributed by atoms with Gasteiger partial charge in [0, 0.05) is 41.4 Å². The third kappa shape index (κ3) is 16.5. The molecule has 0 spiro atoms. The number of aliphatic carboxylic acids is 2. The van der Waals surface area contributed by atoms with Gasteiger partial charge in [-0.1, -0.05) is 36.4 Å². The van der Waals surface area contributed by atoms with Crippen LogP contribution in [0.3, 0.4) is 0 Å². The lowest BCUT2D eigenvalue weighted by molar-refractivity contribution is -0.703. The molecular weight excluding hydrogens is 1090 g/mol. The molecule has 18 nitrogen and oxygen atoms in total. The van der Waals surface area contributed by atoms with Crippen molar-refractivity contribution in [3.05, 3.63) is 176 Å². The van der Waals surface area contributed by atoms with Gasteiger partial charge in [0.05, 0.1) is 36.4 Å². The van der Waals surface area contributed by atoms with Gasteiger partial charge < -0.3 is 73.1 Å². The second kappa shape index (κ2) is 26.9. The number of aliphatic hydroxyl groups is 2. The van der Waals surface area contributed by atoms with Crippen molar-refractivity contribution in [2.45, 2.75) is 50.6 Å². The van der Waals surface area contributed by atoms with Gasteiger partial charge >= 0.3 is 0 Å². The Morgan fingerprint density at radius 2 is 1.01 bits per heavy atom. The van der Waals surface area contributed by atoms with Crippen LogP contribution in [0.15, 0.2) is 166 Å². The topological polar surface area (TPSA) is 285 Å². The van der Waals surface area contributed by atoms with E-state index in [1.807, 2.05) is 60.7 Å². The molecule has 0 saturated heterocycles. The molecule has 0 amide bonds. The highest BCUT2D eigenvalue weighted by Gasteiger charge is 2.22. The van der Waals surface area contributed by atoms with Crippen molar-refractivity contribution in [2.24, 2.45) is 0 Å². The minimum atomic E-state index is -2.44. The van der Waals surface area contributed by atoms with E-state index in [4.69, 9.17) is 42.6 Å². The molecule has 0 radical (unpaired) electrons. The summed E-state index contributed by atoms with van der Waals surface area (Å²) in [4.78, 5) is 21.6. The number of ether oxygens (including phenoxy) is 2. The number of imidazole rings is 2. The number of carboxylic acids is 2. The third-order valence-electron chi connectivity index (χ3n) is 10.5. The van der Waals surface area contributed by atoms with E-state index >= 15 is 0 Å². The Labute approximate surface area is 440 Å². The molecular formula is C50H54Br2N10O8S2. The van der Waals surface area contributed by atoms with Crippen molar-refractivity contribution in [1.82, 2.24) is 9.13 Å². The van der Waals surface area contributed by atoms with Gasteiger partial charge in [-0.15, -0.1) is 22.7 Å². The fourth-order valence-electron chi connectivity index (χ4n) is 6.82. The molecule has 0 aliphatic heterocycles. The summed E-state index contributed by atoms with van der Waals surface area (Å²) in [5, 5.41) is 46.8. The molecule has 72 heavy (non-hydrogen) atoms. The first-order valence-electron chi connectivity index (χ1n) is 22.2. The van der Waals surface area contributed by atoms with Crippen molar-refractivity contribution in [2.75, 3.05) is 46.7 Å². The lowest BCUT2D eigenvalue weighted by Gasteiger charge is -2.18. The van der Waals surface area contributed by atoms with Gasteiger partial charge in [-0.2, -0.15) is 0 Å². The van der Waals surface area contributed by atoms with Crippen LogP contribution in [0.1, 0.15) is 22.0 Å². The van der Waals surface area contributed by atoms with Crippen molar-refractivity contribution >= 4 is 101 Å². The van der Waals surface area contributed by atoms with Crippen molar-refractivity contribution in [1.29, 1.82) is 0 Å². The molecule has 0 saturated carbocycles. The zero-order chi connectivity index (χ0) is 51.6. The number of hydrogen-bond donors (Lipinski definition) is 8. The highest BCUT2D eigenvalue weighted by molar-refractivity contribution is 9.11. The van der Waals surface area contributed by atoms with Crippen LogP contribution in [0.25, 0.3) is 0 Å². The molecule has 378 valence electrons. The molecule has 8 aromatic rings. The molecule has 22 heteroatoms. The van der Waals surface area contributed by atoms with Crippen LogP contribution in [0.5, 0.6) is 11.5 Å². The Morgan fingerprint density at radius 3 is 1.36 bits per heavy atom. The summed E-state index contributed by atoms with van der Waals surface area (Å²) in [6.07, 6.45) is 7.29. The predicted molar refractivity (Wildman–Crippen MR) is 282 cm³/mol. The Balaban J connectivity index is 0.000000198. The maximum Gasteiger partial charge on any atom is 0.243 e. The van der Waals surface area contributed by atoms with Crippen LogP contribution >= 0.6 is 54.5 Å². The fraction of sp³-hybridized carbons (Fsp3) is 0.200. The first-order valence-corrected chi connectivity index (χ1v) is 25.5. The summed E-state index contributed by atoms with van der Waals surface area (Å²) in [7, 11) is 0. The first-order chi connectivity index (χ1) is 34.6. The summed E-state index contributed by atoms with van der Waals surface area (Å²) in [5.74, 6) is -2.83. The number of carbonyl (C=O) groups is 2. The number of nitrogens with two attached hydrogens (primary N) is 4. The second-order valence-corrected chi connectivity index (χ2v) is 19.5. The molecule has 0 aliphatic carbocycles. The number of carbonyl (C=O) groups excluding carboxylic acids is 2. The first kappa shape index (κ1) is 54.3. The molecule has 0 bridgehead atoms. The summed E-state index contributed by atoms with van der Waals surface area (Å²) in [6, 6.07) is 35.2. The Morgan fingerprint density at radius 1 is 0.611 bits per heavy atom. The number of nitrogens with one attached hydrogen (secondary N) is 2. The molecule has 8 rings (SSSR count). The van der Waals surface area contributed by atoms with E-state index in [0.29, 0.717) is 47.3 Å². The second-order valence-electron chi connectivity index (χ2n) is 15.9. The summed E-state index contributed by atoms with van der Waals surface area (Å²) >= 11 is 10.5. The molecule has 0 fully saturated rings. The van der Waals surface area contributed by atoms with Gasteiger partial charge in [0.1, 0.15) is 74.7 Å². The maximum absolute atomic E-state index is 9.63. The van der Waals surface area contributed by atoms with Gasteiger partial charge in [-0.3, -0.25) is 0 Å². The Bertz CT molecular complexity index is 2760. The highest BCUT2D eigenvalue weighted by atomic mass is 79.9. The number of rotatable bonds is 21. The van der Waals surface area contributed by atoms with Gasteiger partial charge in [-0.05, 0) is 115 Å². The van der Waals surface area contributed by atoms with Gasteiger partial charge in [-0.25, -0.2) is 18.3 Å². The summed E-state index contributed by atoms with van der Waals surface area (Å²) < 4.78 is 23.3. The lowest BCUT2D eigenvalue weighted by Crippen LogP contribution is -2.51. The van der Waals surface area contributed by atoms with E-state index < -0.39 is 24.1 Å². The van der Waals surface area contributed by atoms with Crippen molar-refractivity contribution in [3.63, 3.8) is 0 Å². The molecule has 0 aliphatic rings. The number of nitrogens with zero attached hydrogens (tertiary/aromatic N) is 4. The van der Waals surface area contributed by atoms with Gasteiger partial charge in [0.2, 0.25) is 12.7 Å². The number of halogens is 2. The van der Waals surface area contributed by atoms with Crippen LogP contribution in [0, 0.1) is 0 Å². The average Bonchev–Trinajstić information content (AvgIpc) is 4.22. The van der Waals surface area contributed by atoms with Crippen molar-refractivity contribution < 1.29 is 48.6 Å². The van der Waals surface area contributed by atoms with E-state index in [9.17, 15) is 19.8 Å². The highest BCUT2D eigenvalue weighted by Crippen LogP contribution is 2.32. The van der Waals surface area contributed by atoms with Crippen LogP contribution in [-0.2, 0) is 35.8 Å². The quantitative estimate of drug-likeness (QED) is 0.0361. The predicted octanol–water partition coefficient (Wildman–Crippen LogP) is 4.60. The van der Waals surface area contributed by atoms with Gasteiger partial charge in [0.25, 0.3) is 0 Å². The number of carboxylic acid groups (broad SMARTS) is 2. The average molecular weight is 1150 g/mol. The van der Waals surface area contributed by atoms with E-state index in [-0.39, 0.29) is 12.2 Å². The van der Waals surface area contributed by atoms with E-state index in [1.54, 1.807) is 46.9 Å². The molecule has 4 atom stereocenters. The lowest BCUT2D eigenvalue weighted by atomic mass is 10.2. The number of thiophene rings is 2.